The number of fused-ring (bicyclic) bond motifs is 1. The number of ether oxygens (including phenoxy) is 1. The van der Waals surface area contributed by atoms with E-state index in [-0.39, 0.29) is 24.5 Å². The predicted octanol–water partition coefficient (Wildman–Crippen LogP) is 1.91. The van der Waals surface area contributed by atoms with Gasteiger partial charge in [0.15, 0.2) is 5.82 Å². The van der Waals surface area contributed by atoms with Gasteiger partial charge in [-0.3, -0.25) is 14.5 Å². The highest BCUT2D eigenvalue weighted by Crippen LogP contribution is 2.43. The lowest BCUT2D eigenvalue weighted by molar-refractivity contribution is -0.159. The van der Waals surface area contributed by atoms with E-state index >= 15 is 0 Å². The van der Waals surface area contributed by atoms with Crippen LogP contribution >= 0.6 is 0 Å². The molecule has 0 spiro atoms. The standard InChI is InChI=1S/C26H29F3N8O3/c1-40-24-17(23(38)34-19-12-36(11-18(19)27)25(39)16-7-26(28,29)8-16)5-14(9-31-24)20-6-15(10-35-3-2-4-35)21-22(30)32-13-33-37(20)21/h5-6,9,13,16,18-19H,2-4,7-8,10-12H2,1H3,(H,34,38)(H2,30,32,33)/t18-,19+/m0/s1. The third-order valence-corrected chi connectivity index (χ3v) is 7.91. The number of nitrogens with one attached hydrogen (secondary N) is 1. The van der Waals surface area contributed by atoms with Crippen molar-refractivity contribution >= 4 is 23.1 Å². The second kappa shape index (κ2) is 9.91. The number of hydrogen-bond donors (Lipinski definition) is 2. The summed E-state index contributed by atoms with van der Waals surface area (Å²) in [5.41, 5.74) is 9.07. The molecule has 2 saturated heterocycles. The molecular weight excluding hydrogens is 529 g/mol. The Morgan fingerprint density at radius 3 is 2.65 bits per heavy atom. The van der Waals surface area contributed by atoms with Crippen molar-refractivity contribution in [2.45, 2.75) is 43.9 Å². The number of hydrogen-bond acceptors (Lipinski definition) is 8. The number of nitrogen functional groups attached to an aromatic ring is 1. The monoisotopic (exact) mass is 558 g/mol. The van der Waals surface area contributed by atoms with Crippen LogP contribution in [0.15, 0.2) is 24.7 Å². The minimum atomic E-state index is -2.85. The summed E-state index contributed by atoms with van der Waals surface area (Å²) in [6.07, 6.45) is 1.42. The third kappa shape index (κ3) is 4.69. The van der Waals surface area contributed by atoms with E-state index in [1.165, 1.54) is 18.3 Å². The topological polar surface area (TPSA) is 131 Å². The molecule has 0 bridgehead atoms. The van der Waals surface area contributed by atoms with Gasteiger partial charge in [-0.25, -0.2) is 27.7 Å². The fraction of sp³-hybridized carbons (Fsp3) is 0.500. The normalized spacial score (nSPS) is 22.6. The Hall–Kier alpha value is -3.94. The Balaban J connectivity index is 1.24. The van der Waals surface area contributed by atoms with Crippen LogP contribution < -0.4 is 15.8 Å². The van der Waals surface area contributed by atoms with E-state index in [9.17, 15) is 22.8 Å². The van der Waals surface area contributed by atoms with E-state index < -0.39 is 48.7 Å². The molecule has 3 aromatic rings. The van der Waals surface area contributed by atoms with Crippen molar-refractivity contribution < 1.29 is 27.5 Å². The van der Waals surface area contributed by atoms with Crippen LogP contribution in [0.5, 0.6) is 5.88 Å². The van der Waals surface area contributed by atoms with Gasteiger partial charge in [-0.15, -0.1) is 0 Å². The molecule has 3 fully saturated rings. The first-order valence-electron chi connectivity index (χ1n) is 13.1. The van der Waals surface area contributed by atoms with E-state index in [4.69, 9.17) is 10.5 Å². The van der Waals surface area contributed by atoms with Crippen LogP contribution in [0.2, 0.25) is 0 Å². The molecule has 212 valence electrons. The van der Waals surface area contributed by atoms with Gasteiger partial charge in [0, 0.05) is 43.6 Å². The number of anilines is 1. The van der Waals surface area contributed by atoms with E-state index in [1.807, 2.05) is 6.07 Å². The van der Waals surface area contributed by atoms with E-state index in [0.717, 1.165) is 25.1 Å². The summed E-state index contributed by atoms with van der Waals surface area (Å²) in [5, 5.41) is 7.01. The second-order valence-electron chi connectivity index (χ2n) is 10.7. The van der Waals surface area contributed by atoms with Gasteiger partial charge in [-0.05, 0) is 37.2 Å². The first-order valence-corrected chi connectivity index (χ1v) is 13.1. The molecule has 2 atom stereocenters. The Morgan fingerprint density at radius 1 is 1.20 bits per heavy atom. The van der Waals surface area contributed by atoms with Crippen molar-refractivity contribution in [3.8, 4) is 17.1 Å². The summed E-state index contributed by atoms with van der Waals surface area (Å²) in [4.78, 5) is 37.8. The summed E-state index contributed by atoms with van der Waals surface area (Å²) in [5.74, 6) is -4.46. The fourth-order valence-electron chi connectivity index (χ4n) is 5.59. The number of halogens is 3. The van der Waals surface area contributed by atoms with Crippen LogP contribution in [0.25, 0.3) is 16.8 Å². The van der Waals surface area contributed by atoms with Crippen LogP contribution in [-0.4, -0.2) is 92.6 Å². The number of carbonyl (C=O) groups is 2. The van der Waals surface area contributed by atoms with Crippen molar-refractivity contribution in [1.82, 2.24) is 34.7 Å². The zero-order chi connectivity index (χ0) is 28.2. The molecule has 0 unspecified atom stereocenters. The van der Waals surface area contributed by atoms with E-state index in [0.29, 0.717) is 29.1 Å². The smallest absolute Gasteiger partial charge is 0.257 e. The summed E-state index contributed by atoms with van der Waals surface area (Å²) < 4.78 is 48.3. The minimum absolute atomic E-state index is 0.0371. The number of nitrogens with zero attached hydrogens (tertiary/aromatic N) is 6. The van der Waals surface area contributed by atoms with Gasteiger partial charge in [0.05, 0.1) is 25.4 Å². The SMILES string of the molecule is COc1ncc(-c2cc(CN3CCC3)c3c(N)ncnn23)cc1C(=O)N[C@@H]1CN(C(=O)C2CC(F)(F)C2)C[C@@H]1F. The van der Waals surface area contributed by atoms with E-state index in [1.54, 1.807) is 16.8 Å². The Labute approximate surface area is 227 Å². The van der Waals surface area contributed by atoms with Crippen LogP contribution in [0.1, 0.15) is 35.2 Å². The van der Waals surface area contributed by atoms with Gasteiger partial charge in [0.2, 0.25) is 17.7 Å². The quantitative estimate of drug-likeness (QED) is 0.450. The number of methoxy groups -OCH3 is 1. The van der Waals surface area contributed by atoms with Gasteiger partial charge >= 0.3 is 0 Å². The fourth-order valence-corrected chi connectivity index (χ4v) is 5.59. The number of alkyl halides is 3. The zero-order valence-electron chi connectivity index (χ0n) is 21.8. The van der Waals surface area contributed by atoms with Crippen molar-refractivity contribution in [3.63, 3.8) is 0 Å². The highest BCUT2D eigenvalue weighted by Gasteiger charge is 2.51. The van der Waals surface area contributed by atoms with Crippen molar-refractivity contribution in [2.24, 2.45) is 5.92 Å². The molecule has 2 aliphatic heterocycles. The van der Waals surface area contributed by atoms with Gasteiger partial charge in [-0.1, -0.05) is 0 Å². The van der Waals surface area contributed by atoms with Crippen molar-refractivity contribution in [3.05, 3.63) is 35.8 Å². The molecule has 6 rings (SSSR count). The highest BCUT2D eigenvalue weighted by molar-refractivity contribution is 5.98. The largest absolute Gasteiger partial charge is 0.480 e. The number of nitrogens with two attached hydrogens (primary N) is 1. The molecule has 1 saturated carbocycles. The molecule has 0 aromatic carbocycles. The number of aromatic nitrogens is 4. The number of carbonyl (C=O) groups excluding carboxylic acids is 2. The molecule has 5 heterocycles. The maximum absolute atomic E-state index is 14.9. The number of rotatable bonds is 7. The molecular formula is C26H29F3N8O3. The number of pyridine rings is 1. The average molecular weight is 559 g/mol. The molecule has 1 aliphatic carbocycles. The maximum Gasteiger partial charge on any atom is 0.257 e. The number of amides is 2. The lowest BCUT2D eigenvalue weighted by atomic mass is 9.80. The third-order valence-electron chi connectivity index (χ3n) is 7.91. The van der Waals surface area contributed by atoms with Gasteiger partial charge in [-0.2, -0.15) is 5.10 Å². The van der Waals surface area contributed by atoms with Crippen LogP contribution in [0, 0.1) is 5.92 Å². The summed E-state index contributed by atoms with van der Waals surface area (Å²) in [6.45, 7) is 2.27. The molecule has 2 amide bonds. The summed E-state index contributed by atoms with van der Waals surface area (Å²) >= 11 is 0. The molecule has 3 aromatic heterocycles. The Morgan fingerprint density at radius 2 is 1.98 bits per heavy atom. The van der Waals surface area contributed by atoms with Crippen LogP contribution in [-0.2, 0) is 11.3 Å². The molecule has 0 radical (unpaired) electrons. The van der Waals surface area contributed by atoms with Crippen molar-refractivity contribution in [1.29, 1.82) is 0 Å². The average Bonchev–Trinajstić information content (AvgIpc) is 3.45. The highest BCUT2D eigenvalue weighted by atomic mass is 19.3. The molecule has 3 aliphatic rings. The maximum atomic E-state index is 14.9. The molecule has 3 N–H and O–H groups in total. The summed E-state index contributed by atoms with van der Waals surface area (Å²) in [7, 11) is 1.37. The Bertz CT molecular complexity index is 1470. The lowest BCUT2D eigenvalue weighted by Crippen LogP contribution is -2.47. The van der Waals surface area contributed by atoms with Crippen LogP contribution in [0.4, 0.5) is 19.0 Å². The minimum Gasteiger partial charge on any atom is -0.480 e. The molecule has 11 nitrogen and oxygen atoms in total. The Kier molecular flexibility index (Phi) is 6.51. The van der Waals surface area contributed by atoms with Crippen molar-refractivity contribution in [2.75, 3.05) is 39.0 Å². The first-order chi connectivity index (χ1) is 19.1. The lowest BCUT2D eigenvalue weighted by Gasteiger charge is -2.36. The predicted molar refractivity (Wildman–Crippen MR) is 137 cm³/mol. The number of likely N-dealkylation sites (tertiary alicyclic amines) is 2. The zero-order valence-corrected chi connectivity index (χ0v) is 21.8. The van der Waals surface area contributed by atoms with Crippen LogP contribution in [0.3, 0.4) is 0 Å². The second-order valence-corrected chi connectivity index (χ2v) is 10.7. The first kappa shape index (κ1) is 26.3. The summed E-state index contributed by atoms with van der Waals surface area (Å²) in [6, 6.07) is 2.51. The van der Waals surface area contributed by atoms with Gasteiger partial charge < -0.3 is 20.7 Å². The van der Waals surface area contributed by atoms with Gasteiger partial charge in [0.1, 0.15) is 23.6 Å². The van der Waals surface area contributed by atoms with E-state index in [2.05, 4.69) is 25.3 Å². The molecule has 14 heteroatoms. The molecule has 40 heavy (non-hydrogen) atoms. The van der Waals surface area contributed by atoms with Gasteiger partial charge in [0.25, 0.3) is 5.91 Å².